The van der Waals surface area contributed by atoms with Gasteiger partial charge in [-0.25, -0.2) is 4.98 Å². The monoisotopic (exact) mass is 293 g/mol. The van der Waals surface area contributed by atoms with Crippen molar-refractivity contribution in [1.29, 1.82) is 0 Å². The molecule has 116 valence electrons. The zero-order valence-corrected chi connectivity index (χ0v) is 12.9. The highest BCUT2D eigenvalue weighted by atomic mass is 16.6. The van der Waals surface area contributed by atoms with E-state index in [-0.39, 0.29) is 11.3 Å². The van der Waals surface area contributed by atoms with Gasteiger partial charge in [-0.2, -0.15) is 0 Å². The minimum Gasteiger partial charge on any atom is -0.375 e. The molecule has 0 saturated carbocycles. The fourth-order valence-corrected chi connectivity index (χ4v) is 2.93. The Morgan fingerprint density at radius 1 is 1.48 bits per heavy atom. The number of aryl methyl sites for hydroxylation is 1. The average molecular weight is 293 g/mol. The van der Waals surface area contributed by atoms with Gasteiger partial charge in [0, 0.05) is 18.7 Å². The van der Waals surface area contributed by atoms with E-state index in [1.807, 2.05) is 0 Å². The summed E-state index contributed by atoms with van der Waals surface area (Å²) < 4.78 is 5.96. The number of rotatable bonds is 5. The fourth-order valence-electron chi connectivity index (χ4n) is 2.93. The van der Waals surface area contributed by atoms with Crippen LogP contribution in [0.5, 0.6) is 0 Å². The van der Waals surface area contributed by atoms with E-state index in [0.717, 1.165) is 32.3 Å². The van der Waals surface area contributed by atoms with E-state index >= 15 is 0 Å². The summed E-state index contributed by atoms with van der Waals surface area (Å²) in [6.45, 7) is 6.71. The van der Waals surface area contributed by atoms with Crippen LogP contribution in [0, 0.1) is 17.0 Å². The number of anilines is 1. The van der Waals surface area contributed by atoms with Crippen molar-refractivity contribution in [1.82, 2.24) is 4.98 Å². The Hall–Kier alpha value is -1.69. The molecule has 2 heterocycles. The highest BCUT2D eigenvalue weighted by molar-refractivity contribution is 5.45. The molecule has 1 aromatic rings. The van der Waals surface area contributed by atoms with Crippen molar-refractivity contribution in [3.05, 3.63) is 27.9 Å². The van der Waals surface area contributed by atoms with Crippen LogP contribution in [-0.2, 0) is 4.74 Å². The molecular formula is C15H23N3O3. The zero-order chi connectivity index (χ0) is 15.5. The van der Waals surface area contributed by atoms with Crippen molar-refractivity contribution in [2.45, 2.75) is 58.1 Å². The maximum Gasteiger partial charge on any atom is 0.290 e. The molecule has 1 unspecified atom stereocenters. The molecule has 2 rings (SSSR count). The summed E-state index contributed by atoms with van der Waals surface area (Å²) in [5, 5.41) is 14.2. The van der Waals surface area contributed by atoms with Crippen molar-refractivity contribution >= 4 is 11.5 Å². The van der Waals surface area contributed by atoms with Gasteiger partial charge in [-0.1, -0.05) is 13.8 Å². The van der Waals surface area contributed by atoms with Crippen LogP contribution in [0.4, 0.5) is 11.5 Å². The van der Waals surface area contributed by atoms with Crippen LogP contribution < -0.4 is 5.32 Å². The highest BCUT2D eigenvalue weighted by Gasteiger charge is 2.34. The molecule has 0 radical (unpaired) electrons. The summed E-state index contributed by atoms with van der Waals surface area (Å²) in [5.41, 5.74) is 0.449. The lowest BCUT2D eigenvalue weighted by Crippen LogP contribution is -2.43. The van der Waals surface area contributed by atoms with Crippen molar-refractivity contribution in [3.63, 3.8) is 0 Å². The third-order valence-electron chi connectivity index (χ3n) is 4.39. The first kappa shape index (κ1) is 15.7. The Labute approximate surface area is 125 Å². The van der Waals surface area contributed by atoms with Gasteiger partial charge in [0.25, 0.3) is 5.69 Å². The molecular weight excluding hydrogens is 270 g/mol. The van der Waals surface area contributed by atoms with E-state index in [1.165, 1.54) is 6.07 Å². The number of ether oxygens (including phenoxy) is 1. The molecule has 0 amide bonds. The van der Waals surface area contributed by atoms with E-state index in [9.17, 15) is 10.1 Å². The predicted molar refractivity (Wildman–Crippen MR) is 81.5 cm³/mol. The summed E-state index contributed by atoms with van der Waals surface area (Å²) >= 11 is 0. The molecule has 1 saturated heterocycles. The minimum absolute atomic E-state index is 0.0499. The molecule has 1 fully saturated rings. The highest BCUT2D eigenvalue weighted by Crippen LogP contribution is 2.32. The lowest BCUT2D eigenvalue weighted by atomic mass is 9.86. The Morgan fingerprint density at radius 2 is 2.19 bits per heavy atom. The summed E-state index contributed by atoms with van der Waals surface area (Å²) in [6, 6.07) is 3.49. The number of hydrogen-bond donors (Lipinski definition) is 1. The van der Waals surface area contributed by atoms with Crippen molar-refractivity contribution in [2.75, 3.05) is 11.9 Å². The summed E-state index contributed by atoms with van der Waals surface area (Å²) in [6.07, 6.45) is 3.86. The Bertz CT molecular complexity index is 515. The number of nitrogens with zero attached hydrogens (tertiary/aromatic N) is 2. The largest absolute Gasteiger partial charge is 0.375 e. The first-order chi connectivity index (χ1) is 9.99. The number of nitro groups is 1. The van der Waals surface area contributed by atoms with Crippen molar-refractivity contribution in [2.24, 2.45) is 0 Å². The van der Waals surface area contributed by atoms with Gasteiger partial charge in [-0.3, -0.25) is 10.1 Å². The number of aromatic nitrogens is 1. The minimum atomic E-state index is -0.403. The molecule has 0 aliphatic carbocycles. The van der Waals surface area contributed by atoms with Crippen molar-refractivity contribution in [3.8, 4) is 0 Å². The van der Waals surface area contributed by atoms with Crippen LogP contribution in [0.25, 0.3) is 0 Å². The van der Waals surface area contributed by atoms with Gasteiger partial charge >= 0.3 is 0 Å². The predicted octanol–water partition coefficient (Wildman–Crippen LogP) is 3.45. The lowest BCUT2D eigenvalue weighted by Gasteiger charge is -2.40. The Balaban J connectivity index is 2.08. The van der Waals surface area contributed by atoms with Crippen molar-refractivity contribution < 1.29 is 9.66 Å². The first-order valence-corrected chi connectivity index (χ1v) is 7.52. The van der Waals surface area contributed by atoms with Gasteiger partial charge in [0.05, 0.1) is 10.5 Å². The third kappa shape index (κ3) is 3.50. The molecule has 1 aliphatic heterocycles. The second-order valence-electron chi connectivity index (χ2n) is 5.63. The van der Waals surface area contributed by atoms with Gasteiger partial charge in [0.1, 0.15) is 11.5 Å². The molecule has 1 aliphatic rings. The van der Waals surface area contributed by atoms with E-state index < -0.39 is 4.92 Å². The maximum atomic E-state index is 10.8. The molecule has 0 aromatic carbocycles. The molecule has 0 spiro atoms. The van der Waals surface area contributed by atoms with Crippen LogP contribution in [0.1, 0.15) is 45.2 Å². The zero-order valence-electron chi connectivity index (χ0n) is 12.9. The van der Waals surface area contributed by atoms with Gasteiger partial charge in [0.2, 0.25) is 0 Å². The summed E-state index contributed by atoms with van der Waals surface area (Å²) in [7, 11) is 0. The summed E-state index contributed by atoms with van der Waals surface area (Å²) in [4.78, 5) is 14.7. The SMILES string of the molecule is CCC1(CC)CC(Nc2ccc([N+](=O)[O-])c(C)n2)CCO1. The molecule has 6 nitrogen and oxygen atoms in total. The topological polar surface area (TPSA) is 77.3 Å². The second-order valence-corrected chi connectivity index (χ2v) is 5.63. The molecule has 21 heavy (non-hydrogen) atoms. The standard InChI is InChI=1S/C15H23N3O3/c1-4-15(5-2)10-12(8-9-21-15)17-14-7-6-13(18(19)20)11(3)16-14/h6-7,12H,4-5,8-10H2,1-3H3,(H,16,17). The first-order valence-electron chi connectivity index (χ1n) is 7.52. The molecule has 1 N–H and O–H groups in total. The molecule has 1 aromatic heterocycles. The maximum absolute atomic E-state index is 10.8. The molecule has 1 atom stereocenters. The number of nitrogens with one attached hydrogen (secondary N) is 1. The number of hydrogen-bond acceptors (Lipinski definition) is 5. The van der Waals surface area contributed by atoms with Gasteiger partial charge in [-0.15, -0.1) is 0 Å². The van der Waals surface area contributed by atoms with E-state index in [0.29, 0.717) is 17.6 Å². The van der Waals surface area contributed by atoms with Crippen LogP contribution in [0.3, 0.4) is 0 Å². The fraction of sp³-hybridized carbons (Fsp3) is 0.667. The van der Waals surface area contributed by atoms with E-state index in [4.69, 9.17) is 4.74 Å². The van der Waals surface area contributed by atoms with Crippen LogP contribution in [0.15, 0.2) is 12.1 Å². The van der Waals surface area contributed by atoms with Crippen LogP contribution >= 0.6 is 0 Å². The normalized spacial score (nSPS) is 21.0. The van der Waals surface area contributed by atoms with Gasteiger partial charge < -0.3 is 10.1 Å². The van der Waals surface area contributed by atoms with Crippen LogP contribution in [0.2, 0.25) is 0 Å². The second kappa shape index (κ2) is 6.39. The van der Waals surface area contributed by atoms with Crippen LogP contribution in [-0.4, -0.2) is 28.2 Å². The Morgan fingerprint density at radius 3 is 2.76 bits per heavy atom. The third-order valence-corrected chi connectivity index (χ3v) is 4.39. The Kier molecular flexibility index (Phi) is 4.77. The summed E-state index contributed by atoms with van der Waals surface area (Å²) in [5.74, 6) is 0.700. The van der Waals surface area contributed by atoms with Gasteiger partial charge in [-0.05, 0) is 38.7 Å². The molecule has 0 bridgehead atoms. The van der Waals surface area contributed by atoms with Gasteiger partial charge in [0.15, 0.2) is 0 Å². The average Bonchev–Trinajstić information content (AvgIpc) is 2.47. The lowest BCUT2D eigenvalue weighted by molar-refractivity contribution is -0.385. The molecule has 6 heteroatoms. The van der Waals surface area contributed by atoms with E-state index in [2.05, 4.69) is 24.1 Å². The number of pyridine rings is 1. The van der Waals surface area contributed by atoms with E-state index in [1.54, 1.807) is 13.0 Å². The quantitative estimate of drug-likeness (QED) is 0.664. The smallest absolute Gasteiger partial charge is 0.290 e.